The Balaban J connectivity index is 2.96. The number of benzene rings is 1. The standard InChI is InChI=1S/C13H16N2O3/c1-4-18-13(17)12(10(3)16)15-14-11-8-6-5-7-9(11)2/h5-8,16H,4H2,1-3H3/b12-10-,15-14?. The molecule has 0 aliphatic rings. The largest absolute Gasteiger partial charge is 0.510 e. The Morgan fingerprint density at radius 1 is 1.39 bits per heavy atom. The van der Waals surface area contributed by atoms with Crippen molar-refractivity contribution in [3.8, 4) is 0 Å². The Bertz CT molecular complexity index is 489. The number of hydrogen-bond acceptors (Lipinski definition) is 5. The lowest BCUT2D eigenvalue weighted by molar-refractivity contribution is -0.138. The zero-order valence-corrected chi connectivity index (χ0v) is 10.7. The van der Waals surface area contributed by atoms with Crippen molar-refractivity contribution >= 4 is 11.7 Å². The van der Waals surface area contributed by atoms with Gasteiger partial charge in [-0.2, -0.15) is 0 Å². The third-order valence-corrected chi connectivity index (χ3v) is 2.18. The van der Waals surface area contributed by atoms with Crippen LogP contribution in [-0.2, 0) is 9.53 Å². The predicted octanol–water partition coefficient (Wildman–Crippen LogP) is 3.43. The van der Waals surface area contributed by atoms with Crippen molar-refractivity contribution in [2.45, 2.75) is 20.8 Å². The van der Waals surface area contributed by atoms with E-state index in [9.17, 15) is 9.90 Å². The summed E-state index contributed by atoms with van der Waals surface area (Å²) in [4.78, 5) is 11.5. The first kappa shape index (κ1) is 13.9. The van der Waals surface area contributed by atoms with Gasteiger partial charge < -0.3 is 9.84 Å². The van der Waals surface area contributed by atoms with E-state index < -0.39 is 5.97 Å². The second-order valence-electron chi connectivity index (χ2n) is 3.64. The topological polar surface area (TPSA) is 71.2 Å². The molecule has 1 aromatic rings. The molecule has 18 heavy (non-hydrogen) atoms. The molecule has 0 amide bonds. The number of carbonyl (C=O) groups excluding carboxylic acids is 1. The van der Waals surface area contributed by atoms with Gasteiger partial charge in [-0.3, -0.25) is 0 Å². The molecule has 1 aromatic carbocycles. The Hall–Kier alpha value is -2.17. The molecule has 0 heterocycles. The molecule has 96 valence electrons. The summed E-state index contributed by atoms with van der Waals surface area (Å²) >= 11 is 0. The molecule has 1 rings (SSSR count). The Morgan fingerprint density at radius 2 is 2.06 bits per heavy atom. The van der Waals surface area contributed by atoms with Crippen LogP contribution in [0.2, 0.25) is 0 Å². The van der Waals surface area contributed by atoms with Crippen LogP contribution in [-0.4, -0.2) is 17.7 Å². The summed E-state index contributed by atoms with van der Waals surface area (Å²) in [6.07, 6.45) is 0. The molecule has 0 aliphatic heterocycles. The molecule has 0 atom stereocenters. The van der Waals surface area contributed by atoms with Gasteiger partial charge in [0.25, 0.3) is 0 Å². The molecule has 0 aliphatic carbocycles. The summed E-state index contributed by atoms with van der Waals surface area (Å²) in [5, 5.41) is 17.1. The second-order valence-corrected chi connectivity index (χ2v) is 3.64. The highest BCUT2D eigenvalue weighted by Crippen LogP contribution is 2.19. The van der Waals surface area contributed by atoms with E-state index in [0.717, 1.165) is 5.56 Å². The fourth-order valence-corrected chi connectivity index (χ4v) is 1.24. The summed E-state index contributed by atoms with van der Waals surface area (Å²) in [5.74, 6) is -0.902. The highest BCUT2D eigenvalue weighted by atomic mass is 16.5. The zero-order valence-electron chi connectivity index (χ0n) is 10.7. The van der Waals surface area contributed by atoms with Gasteiger partial charge in [-0.05, 0) is 32.4 Å². The first-order chi connectivity index (χ1) is 8.56. The lowest BCUT2D eigenvalue weighted by atomic mass is 10.2. The van der Waals surface area contributed by atoms with Gasteiger partial charge in [0.1, 0.15) is 5.76 Å². The zero-order chi connectivity index (χ0) is 13.5. The number of esters is 1. The van der Waals surface area contributed by atoms with Crippen molar-refractivity contribution < 1.29 is 14.6 Å². The number of azo groups is 1. The van der Waals surface area contributed by atoms with Gasteiger partial charge in [-0.25, -0.2) is 4.79 Å². The Morgan fingerprint density at radius 3 is 2.61 bits per heavy atom. The summed E-state index contributed by atoms with van der Waals surface area (Å²) in [6.45, 7) is 5.15. The van der Waals surface area contributed by atoms with Crippen molar-refractivity contribution in [1.29, 1.82) is 0 Å². The summed E-state index contributed by atoms with van der Waals surface area (Å²) in [5.41, 5.74) is 1.39. The van der Waals surface area contributed by atoms with Crippen LogP contribution in [0.1, 0.15) is 19.4 Å². The van der Waals surface area contributed by atoms with Gasteiger partial charge in [-0.15, -0.1) is 10.2 Å². The van der Waals surface area contributed by atoms with Gasteiger partial charge in [0.15, 0.2) is 0 Å². The van der Waals surface area contributed by atoms with Crippen LogP contribution >= 0.6 is 0 Å². The molecule has 0 spiro atoms. The van der Waals surface area contributed by atoms with Crippen LogP contribution in [0.25, 0.3) is 0 Å². The lowest BCUT2D eigenvalue weighted by Crippen LogP contribution is -2.07. The quantitative estimate of drug-likeness (QED) is 0.384. The van der Waals surface area contributed by atoms with Crippen LogP contribution in [0.4, 0.5) is 5.69 Å². The molecular formula is C13H16N2O3. The van der Waals surface area contributed by atoms with E-state index in [0.29, 0.717) is 5.69 Å². The van der Waals surface area contributed by atoms with Crippen LogP contribution in [0.3, 0.4) is 0 Å². The average Bonchev–Trinajstić information content (AvgIpc) is 2.31. The van der Waals surface area contributed by atoms with E-state index >= 15 is 0 Å². The number of rotatable bonds is 4. The van der Waals surface area contributed by atoms with Gasteiger partial charge in [0.05, 0.1) is 12.3 Å². The summed E-state index contributed by atoms with van der Waals surface area (Å²) in [6, 6.07) is 7.36. The molecule has 0 fully saturated rings. The third-order valence-electron chi connectivity index (χ3n) is 2.18. The van der Waals surface area contributed by atoms with Crippen LogP contribution in [0.15, 0.2) is 46.0 Å². The van der Waals surface area contributed by atoms with Gasteiger partial charge in [-0.1, -0.05) is 18.2 Å². The molecular weight excluding hydrogens is 232 g/mol. The van der Waals surface area contributed by atoms with Crippen LogP contribution < -0.4 is 0 Å². The monoisotopic (exact) mass is 248 g/mol. The second kappa shape index (κ2) is 6.54. The lowest BCUT2D eigenvalue weighted by Gasteiger charge is -2.02. The number of nitrogens with zero attached hydrogens (tertiary/aromatic N) is 2. The SMILES string of the molecule is CCOC(=O)/C(N=Nc1ccccc1C)=C(\C)O. The normalized spacial score (nSPS) is 12.4. The number of aliphatic hydroxyl groups excluding tert-OH is 1. The Labute approximate surface area is 106 Å². The molecule has 0 radical (unpaired) electrons. The average molecular weight is 248 g/mol. The van der Waals surface area contributed by atoms with E-state index in [1.807, 2.05) is 25.1 Å². The first-order valence-corrected chi connectivity index (χ1v) is 5.60. The minimum atomic E-state index is -0.685. The summed E-state index contributed by atoms with van der Waals surface area (Å²) in [7, 11) is 0. The van der Waals surface area contributed by atoms with Crippen molar-refractivity contribution in [2.24, 2.45) is 10.2 Å². The highest BCUT2D eigenvalue weighted by Gasteiger charge is 2.13. The van der Waals surface area contributed by atoms with Gasteiger partial charge >= 0.3 is 5.97 Å². The first-order valence-electron chi connectivity index (χ1n) is 5.60. The van der Waals surface area contributed by atoms with Gasteiger partial charge in [0.2, 0.25) is 5.70 Å². The molecule has 0 aromatic heterocycles. The van der Waals surface area contributed by atoms with Crippen molar-refractivity contribution in [3.63, 3.8) is 0 Å². The number of carbonyl (C=O) groups is 1. The molecule has 1 N–H and O–H groups in total. The van der Waals surface area contributed by atoms with E-state index in [1.54, 1.807) is 13.0 Å². The fraction of sp³-hybridized carbons (Fsp3) is 0.308. The highest BCUT2D eigenvalue weighted by molar-refractivity contribution is 5.88. The van der Waals surface area contributed by atoms with Crippen LogP contribution in [0.5, 0.6) is 0 Å². The fourth-order valence-electron chi connectivity index (χ4n) is 1.24. The molecule has 0 saturated heterocycles. The van der Waals surface area contributed by atoms with E-state index in [2.05, 4.69) is 10.2 Å². The molecule has 5 heteroatoms. The third kappa shape index (κ3) is 3.69. The maximum Gasteiger partial charge on any atom is 0.362 e. The molecule has 0 unspecified atom stereocenters. The number of ether oxygens (including phenoxy) is 1. The Kier molecular flexibility index (Phi) is 5.05. The predicted molar refractivity (Wildman–Crippen MR) is 67.7 cm³/mol. The van der Waals surface area contributed by atoms with E-state index in [4.69, 9.17) is 4.74 Å². The summed E-state index contributed by atoms with van der Waals surface area (Å²) < 4.78 is 4.77. The smallest absolute Gasteiger partial charge is 0.362 e. The van der Waals surface area contributed by atoms with Crippen molar-refractivity contribution in [1.82, 2.24) is 0 Å². The molecule has 5 nitrogen and oxygen atoms in total. The maximum absolute atomic E-state index is 11.5. The van der Waals surface area contributed by atoms with Gasteiger partial charge in [0, 0.05) is 0 Å². The minimum absolute atomic E-state index is 0.180. The number of aliphatic hydroxyl groups is 1. The minimum Gasteiger partial charge on any atom is -0.510 e. The maximum atomic E-state index is 11.5. The van der Waals surface area contributed by atoms with E-state index in [1.165, 1.54) is 6.92 Å². The van der Waals surface area contributed by atoms with Crippen molar-refractivity contribution in [3.05, 3.63) is 41.3 Å². The van der Waals surface area contributed by atoms with Crippen LogP contribution in [0, 0.1) is 6.92 Å². The number of aryl methyl sites for hydroxylation is 1. The number of allylic oxidation sites excluding steroid dienone is 1. The number of hydrogen-bond donors (Lipinski definition) is 1. The molecule has 0 saturated carbocycles. The molecule has 0 bridgehead atoms. The van der Waals surface area contributed by atoms with Crippen molar-refractivity contribution in [2.75, 3.05) is 6.61 Å². The van der Waals surface area contributed by atoms with E-state index in [-0.39, 0.29) is 18.1 Å².